The van der Waals surface area contributed by atoms with E-state index in [1.807, 2.05) is 0 Å². The number of hydrogen-bond acceptors (Lipinski definition) is 5. The molecule has 0 aliphatic carbocycles. The maximum atomic E-state index is 13.0. The number of imidazole rings is 1. The van der Waals surface area contributed by atoms with Crippen molar-refractivity contribution in [2.45, 2.75) is 24.2 Å². The molecule has 2 aromatic heterocycles. The normalized spacial score (nSPS) is 22.2. The average Bonchev–Trinajstić information content (AvgIpc) is 3.23. The van der Waals surface area contributed by atoms with Gasteiger partial charge in [0.2, 0.25) is 0 Å². The Morgan fingerprint density at radius 1 is 1.40 bits per heavy atom. The Morgan fingerprint density at radius 3 is 3.16 bits per heavy atom. The van der Waals surface area contributed by atoms with Gasteiger partial charge in [0.1, 0.15) is 5.75 Å². The lowest BCUT2D eigenvalue weighted by Gasteiger charge is -2.11. The standard InChI is InChI=1S/C18H21N3O3S/c1-13-16(19-9-8-17(13)24-11-5-10-23-2)12-25(22)18-20-14-6-3-4-7-15(14)21-18/h3-4,6-9H,5,10-12H2,1-2H3,(H,20,21)/i2D3,3D,4D,5D2,6D,7D,10D2,11D2. The van der Waals surface area contributed by atoms with Crippen molar-refractivity contribution < 1.29 is 31.5 Å². The topological polar surface area (TPSA) is 77.1 Å². The molecule has 1 aromatic carbocycles. The summed E-state index contributed by atoms with van der Waals surface area (Å²) in [6.07, 6.45) is -2.47. The molecule has 25 heavy (non-hydrogen) atoms. The molecule has 0 radical (unpaired) electrons. The van der Waals surface area contributed by atoms with Gasteiger partial charge in [-0.2, -0.15) is 0 Å². The highest BCUT2D eigenvalue weighted by atomic mass is 32.2. The molecule has 3 rings (SSSR count). The van der Waals surface area contributed by atoms with Gasteiger partial charge in [0.25, 0.3) is 0 Å². The highest BCUT2D eigenvalue weighted by molar-refractivity contribution is 7.84. The van der Waals surface area contributed by atoms with Crippen molar-refractivity contribution >= 4 is 21.8 Å². The molecule has 0 aliphatic heterocycles. The first kappa shape index (κ1) is 7.55. The number of benzene rings is 1. The largest absolute Gasteiger partial charge is 0.493 e. The Hall–Kier alpha value is -2.25. The van der Waals surface area contributed by atoms with Crippen LogP contribution in [0.25, 0.3) is 11.0 Å². The van der Waals surface area contributed by atoms with E-state index in [2.05, 4.69) is 19.7 Å². The molecule has 6 nitrogen and oxygen atoms in total. The summed E-state index contributed by atoms with van der Waals surface area (Å²) in [6, 6.07) is -0.643. The summed E-state index contributed by atoms with van der Waals surface area (Å²) in [5.74, 6) is -0.626. The SMILES string of the molecule is [2H]c1c([2H])c([2H])c2[nH]c(S(=O)Cc3nccc(OC([2H])([2H])C([2H])([2H])C([2H])([2H])OC([2H])([2H])[2H])c3C)nc2c1[2H]. The number of rotatable bonds is 8. The van der Waals surface area contributed by atoms with Crippen LogP contribution in [-0.4, -0.2) is 39.3 Å². The number of nitrogens with one attached hydrogen (secondary N) is 1. The van der Waals surface area contributed by atoms with Gasteiger partial charge in [-0.05, 0) is 25.1 Å². The van der Waals surface area contributed by atoms with Crippen LogP contribution in [0, 0.1) is 6.92 Å². The monoisotopic (exact) mass is 372 g/mol. The Labute approximate surface area is 167 Å². The predicted molar refractivity (Wildman–Crippen MR) is 97.2 cm³/mol. The van der Waals surface area contributed by atoms with E-state index in [1.54, 1.807) is 0 Å². The van der Waals surface area contributed by atoms with Crippen LogP contribution in [0.1, 0.15) is 35.5 Å². The molecule has 0 saturated heterocycles. The van der Waals surface area contributed by atoms with Crippen molar-refractivity contribution in [1.82, 2.24) is 15.0 Å². The van der Waals surface area contributed by atoms with Crippen LogP contribution >= 0.6 is 0 Å². The van der Waals surface area contributed by atoms with Crippen molar-refractivity contribution in [2.24, 2.45) is 0 Å². The zero-order valence-corrected chi connectivity index (χ0v) is 13.7. The zero-order valence-electron chi connectivity index (χ0n) is 25.9. The maximum Gasteiger partial charge on any atom is 0.197 e. The number of aromatic nitrogens is 3. The summed E-state index contributed by atoms with van der Waals surface area (Å²) in [4.78, 5) is 10.7. The molecule has 0 fully saturated rings. The van der Waals surface area contributed by atoms with Crippen LogP contribution in [0.2, 0.25) is 0 Å². The number of methoxy groups -OCH3 is 1. The number of pyridine rings is 1. The second-order valence-electron chi connectivity index (χ2n) is 4.67. The van der Waals surface area contributed by atoms with E-state index in [0.717, 1.165) is 12.3 Å². The van der Waals surface area contributed by atoms with E-state index in [4.69, 9.17) is 22.6 Å². The van der Waals surface area contributed by atoms with Crippen LogP contribution in [0.4, 0.5) is 0 Å². The van der Waals surface area contributed by atoms with Crippen LogP contribution in [0.15, 0.2) is 41.6 Å². The van der Waals surface area contributed by atoms with E-state index >= 15 is 0 Å². The summed E-state index contributed by atoms with van der Waals surface area (Å²) in [6.45, 7) is -5.67. The van der Waals surface area contributed by atoms with Crippen molar-refractivity contribution in [3.8, 4) is 5.75 Å². The molecule has 132 valence electrons. The molecule has 0 saturated carbocycles. The van der Waals surface area contributed by atoms with Crippen LogP contribution in [0.5, 0.6) is 5.75 Å². The van der Waals surface area contributed by atoms with Crippen molar-refractivity contribution in [2.75, 3.05) is 20.2 Å². The molecule has 3 aromatic rings. The van der Waals surface area contributed by atoms with Crippen molar-refractivity contribution in [3.63, 3.8) is 0 Å². The molecule has 0 amide bonds. The summed E-state index contributed by atoms with van der Waals surface area (Å²) < 4.78 is 122. The third-order valence-electron chi connectivity index (χ3n) is 3.17. The van der Waals surface area contributed by atoms with E-state index in [9.17, 15) is 4.21 Å². The minimum Gasteiger partial charge on any atom is -0.493 e. The van der Waals surface area contributed by atoms with Crippen molar-refractivity contribution in [1.29, 1.82) is 0 Å². The van der Waals surface area contributed by atoms with Crippen molar-refractivity contribution in [3.05, 3.63) is 47.7 Å². The van der Waals surface area contributed by atoms with Crippen LogP contribution in [0.3, 0.4) is 0 Å². The molecule has 7 heteroatoms. The number of H-pyrrole nitrogens is 1. The second-order valence-corrected chi connectivity index (χ2v) is 6.04. The summed E-state index contributed by atoms with van der Waals surface area (Å²) in [7, 11) is -5.33. The molecule has 0 bridgehead atoms. The zero-order chi connectivity index (χ0) is 29.0. The molecular weight excluding hydrogens is 338 g/mol. The fraction of sp³-hybridized carbons (Fsp3) is 0.333. The Morgan fingerprint density at radius 2 is 2.28 bits per heavy atom. The van der Waals surface area contributed by atoms with Gasteiger partial charge in [0.15, 0.2) is 5.16 Å². The fourth-order valence-corrected chi connectivity index (χ4v) is 3.04. The van der Waals surface area contributed by atoms with Gasteiger partial charge in [-0.25, -0.2) is 4.98 Å². The van der Waals surface area contributed by atoms with E-state index < -0.39 is 55.5 Å². The van der Waals surface area contributed by atoms with Crippen LogP contribution in [-0.2, 0) is 21.3 Å². The van der Waals surface area contributed by atoms with Gasteiger partial charge in [-0.1, -0.05) is 12.1 Å². The Balaban J connectivity index is 1.90. The minimum atomic E-state index is -3.63. The molecule has 0 spiro atoms. The summed E-state index contributed by atoms with van der Waals surface area (Å²) in [5, 5.41) is -0.166. The first-order valence-electron chi connectivity index (χ1n) is 13.4. The molecule has 1 unspecified atom stereocenters. The number of nitrogens with zero attached hydrogens (tertiary/aromatic N) is 2. The first-order chi connectivity index (χ1) is 17.2. The first-order valence-corrected chi connectivity index (χ1v) is 8.20. The third-order valence-corrected chi connectivity index (χ3v) is 4.33. The maximum absolute atomic E-state index is 13.0. The number of hydrogen-bond donors (Lipinski definition) is 1. The third kappa shape index (κ3) is 4.24. The van der Waals surface area contributed by atoms with Crippen LogP contribution < -0.4 is 4.74 Å². The lowest BCUT2D eigenvalue weighted by atomic mass is 10.2. The smallest absolute Gasteiger partial charge is 0.197 e. The summed E-state index contributed by atoms with van der Waals surface area (Å²) >= 11 is 0. The highest BCUT2D eigenvalue weighted by Gasteiger charge is 2.14. The number of ether oxygens (including phenoxy) is 2. The number of para-hydroxylation sites is 2. The van der Waals surface area contributed by atoms with Gasteiger partial charge >= 0.3 is 0 Å². The summed E-state index contributed by atoms with van der Waals surface area (Å²) in [5.41, 5.74) is 0.0623. The lowest BCUT2D eigenvalue weighted by molar-refractivity contribution is 0.172. The molecule has 1 atom stereocenters. The highest BCUT2D eigenvalue weighted by Crippen LogP contribution is 2.22. The lowest BCUT2D eigenvalue weighted by Crippen LogP contribution is -2.06. The molecule has 0 aliphatic rings. The fourth-order valence-electron chi connectivity index (χ4n) is 1.96. The quantitative estimate of drug-likeness (QED) is 0.658. The predicted octanol–water partition coefficient (Wildman–Crippen LogP) is 2.99. The Kier molecular flexibility index (Phi) is 2.48. The Bertz CT molecular complexity index is 1360. The van der Waals surface area contributed by atoms with E-state index in [1.165, 1.54) is 6.92 Å². The number of fused-ring (bicyclic) bond motifs is 1. The minimum absolute atomic E-state index is 0.0370. The van der Waals surface area contributed by atoms with Gasteiger partial charge in [-0.15, -0.1) is 0 Å². The molecule has 2 heterocycles. The van der Waals surface area contributed by atoms with Gasteiger partial charge < -0.3 is 14.5 Å². The van der Waals surface area contributed by atoms with E-state index in [0.29, 0.717) is 0 Å². The van der Waals surface area contributed by atoms with Gasteiger partial charge in [0.05, 0.1) is 54.9 Å². The van der Waals surface area contributed by atoms with Gasteiger partial charge in [0, 0.05) is 34.5 Å². The second kappa shape index (κ2) is 8.22. The molecule has 1 N–H and O–H groups in total. The number of aromatic amines is 1. The van der Waals surface area contributed by atoms with Gasteiger partial charge in [-0.3, -0.25) is 9.19 Å². The molecular formula is C18H21N3O3S. The van der Waals surface area contributed by atoms with E-state index in [-0.39, 0.29) is 45.0 Å². The average molecular weight is 373 g/mol.